The first-order chi connectivity index (χ1) is 15.8. The first-order valence-corrected chi connectivity index (χ1v) is 10.9. The number of aryl methyl sites for hydroxylation is 1. The maximum atomic E-state index is 13.3. The minimum Gasteiger partial charge on any atom is -0.497 e. The lowest BCUT2D eigenvalue weighted by molar-refractivity contribution is 0.414. The third-order valence-corrected chi connectivity index (χ3v) is 5.76. The van der Waals surface area contributed by atoms with E-state index in [1.54, 1.807) is 19.2 Å². The summed E-state index contributed by atoms with van der Waals surface area (Å²) >= 11 is 0. The van der Waals surface area contributed by atoms with Crippen LogP contribution in [0.1, 0.15) is 37.8 Å². The van der Waals surface area contributed by atoms with Gasteiger partial charge in [-0.2, -0.15) is 4.98 Å². The Hall–Kier alpha value is -3.82. The molecule has 0 aliphatic carbocycles. The number of hydrogen-bond donors (Lipinski definition) is 1. The zero-order valence-electron chi connectivity index (χ0n) is 19.2. The van der Waals surface area contributed by atoms with Gasteiger partial charge in [-0.05, 0) is 37.5 Å². The number of benzene rings is 1. The van der Waals surface area contributed by atoms with Crippen molar-refractivity contribution in [3.63, 3.8) is 0 Å². The first kappa shape index (κ1) is 22.4. The second-order valence-electron chi connectivity index (χ2n) is 8.00. The molecular weight excluding hydrogens is 426 g/mol. The standard InChI is InChI=1S/C23H27N5O5/c1-5-11-25-18-17(21(31)26(12-6-2)23(25)32)28-20(30)14(3)19(29)27(22(28)24-18)13-15-7-9-16(33-4)10-8-15/h7-10,30H,5-6,11-13H2,1-4H3. The Morgan fingerprint density at radius 2 is 1.58 bits per heavy atom. The summed E-state index contributed by atoms with van der Waals surface area (Å²) in [7, 11) is 1.57. The molecule has 0 saturated heterocycles. The lowest BCUT2D eigenvalue weighted by atomic mass is 10.2. The van der Waals surface area contributed by atoms with Crippen molar-refractivity contribution in [3.8, 4) is 11.6 Å². The van der Waals surface area contributed by atoms with E-state index in [1.165, 1.54) is 25.0 Å². The number of rotatable bonds is 7. The van der Waals surface area contributed by atoms with Gasteiger partial charge in [0.2, 0.25) is 11.7 Å². The summed E-state index contributed by atoms with van der Waals surface area (Å²) in [5.74, 6) is 0.430. The Morgan fingerprint density at radius 1 is 0.939 bits per heavy atom. The molecule has 3 heterocycles. The molecular formula is C23H27N5O5. The summed E-state index contributed by atoms with van der Waals surface area (Å²) in [5.41, 5.74) is -0.278. The van der Waals surface area contributed by atoms with Crippen molar-refractivity contribution in [2.75, 3.05) is 7.11 Å². The van der Waals surface area contributed by atoms with Gasteiger partial charge in [0.25, 0.3) is 11.1 Å². The summed E-state index contributed by atoms with van der Waals surface area (Å²) in [5, 5.41) is 10.9. The van der Waals surface area contributed by atoms with Crippen LogP contribution in [0.2, 0.25) is 0 Å². The van der Waals surface area contributed by atoms with Crippen molar-refractivity contribution in [3.05, 3.63) is 66.6 Å². The molecule has 0 bridgehead atoms. The molecule has 3 aromatic heterocycles. The molecule has 1 N–H and O–H groups in total. The lowest BCUT2D eigenvalue weighted by Gasteiger charge is -2.12. The number of hydrogen-bond acceptors (Lipinski definition) is 6. The number of aromatic nitrogens is 5. The quantitative estimate of drug-likeness (QED) is 0.457. The number of ether oxygens (including phenoxy) is 1. The Bertz CT molecular complexity index is 1520. The van der Waals surface area contributed by atoms with E-state index in [9.17, 15) is 19.5 Å². The molecule has 0 radical (unpaired) electrons. The molecule has 174 valence electrons. The highest BCUT2D eigenvalue weighted by Crippen LogP contribution is 2.22. The van der Waals surface area contributed by atoms with E-state index in [4.69, 9.17) is 4.74 Å². The highest BCUT2D eigenvalue weighted by atomic mass is 16.5. The summed E-state index contributed by atoms with van der Waals surface area (Å²) in [6, 6.07) is 7.23. The van der Waals surface area contributed by atoms with Gasteiger partial charge in [-0.3, -0.25) is 23.3 Å². The maximum Gasteiger partial charge on any atom is 0.332 e. The zero-order valence-corrected chi connectivity index (χ0v) is 19.2. The van der Waals surface area contributed by atoms with Crippen molar-refractivity contribution in [2.24, 2.45) is 0 Å². The third kappa shape index (κ3) is 3.51. The van der Waals surface area contributed by atoms with Gasteiger partial charge in [-0.1, -0.05) is 26.0 Å². The maximum absolute atomic E-state index is 13.3. The molecule has 0 aliphatic heterocycles. The van der Waals surface area contributed by atoms with Crippen molar-refractivity contribution >= 4 is 16.9 Å². The second kappa shape index (κ2) is 8.61. The van der Waals surface area contributed by atoms with E-state index >= 15 is 0 Å². The van der Waals surface area contributed by atoms with E-state index < -0.39 is 16.8 Å². The van der Waals surface area contributed by atoms with Crippen LogP contribution >= 0.6 is 0 Å². The Morgan fingerprint density at radius 3 is 2.18 bits per heavy atom. The third-order valence-electron chi connectivity index (χ3n) is 5.76. The normalized spacial score (nSPS) is 11.5. The van der Waals surface area contributed by atoms with E-state index in [0.29, 0.717) is 25.1 Å². The van der Waals surface area contributed by atoms with Crippen LogP contribution in [0, 0.1) is 6.92 Å². The highest BCUT2D eigenvalue weighted by molar-refractivity contribution is 5.76. The monoisotopic (exact) mass is 453 g/mol. The molecule has 10 heteroatoms. The fourth-order valence-electron chi connectivity index (χ4n) is 4.07. The molecule has 4 aromatic rings. The predicted octanol–water partition coefficient (Wildman–Crippen LogP) is 1.86. The molecule has 0 fully saturated rings. The van der Waals surface area contributed by atoms with Gasteiger partial charge in [0.1, 0.15) is 5.75 Å². The number of methoxy groups -OCH3 is 1. The first-order valence-electron chi connectivity index (χ1n) is 10.9. The molecule has 0 aliphatic rings. The average molecular weight is 453 g/mol. The SMILES string of the molecule is CCCn1c(=O)c2c(nc3n(Cc4ccc(OC)cc4)c(=O)c(C)c(O)n23)n(CCC)c1=O. The van der Waals surface area contributed by atoms with Crippen LogP contribution in [0.25, 0.3) is 16.9 Å². The molecule has 33 heavy (non-hydrogen) atoms. The van der Waals surface area contributed by atoms with Gasteiger partial charge in [0, 0.05) is 13.1 Å². The van der Waals surface area contributed by atoms with Crippen LogP contribution in [0.5, 0.6) is 11.6 Å². The molecule has 0 atom stereocenters. The number of aromatic hydroxyl groups is 1. The van der Waals surface area contributed by atoms with Gasteiger partial charge in [-0.25, -0.2) is 9.20 Å². The molecule has 1 aromatic carbocycles. The Labute approximate surface area is 188 Å². The summed E-state index contributed by atoms with van der Waals surface area (Å²) in [4.78, 5) is 44.0. The Kier molecular flexibility index (Phi) is 5.84. The lowest BCUT2D eigenvalue weighted by Crippen LogP contribution is -2.40. The van der Waals surface area contributed by atoms with Gasteiger partial charge in [0.05, 0.1) is 19.2 Å². The highest BCUT2D eigenvalue weighted by Gasteiger charge is 2.24. The van der Waals surface area contributed by atoms with Gasteiger partial charge in [-0.15, -0.1) is 0 Å². The number of fused-ring (bicyclic) bond motifs is 3. The van der Waals surface area contributed by atoms with E-state index in [1.807, 2.05) is 26.0 Å². The van der Waals surface area contributed by atoms with Gasteiger partial charge >= 0.3 is 5.69 Å². The van der Waals surface area contributed by atoms with Crippen molar-refractivity contribution < 1.29 is 9.84 Å². The largest absolute Gasteiger partial charge is 0.497 e. The molecule has 10 nitrogen and oxygen atoms in total. The number of imidazole rings is 1. The average Bonchev–Trinajstić information content (AvgIpc) is 3.22. The molecule has 0 spiro atoms. The van der Waals surface area contributed by atoms with Crippen LogP contribution in [0.4, 0.5) is 0 Å². The fraction of sp³-hybridized carbons (Fsp3) is 0.391. The molecule has 0 amide bonds. The van der Waals surface area contributed by atoms with E-state index in [0.717, 1.165) is 5.56 Å². The van der Waals surface area contributed by atoms with E-state index in [-0.39, 0.29) is 41.5 Å². The van der Waals surface area contributed by atoms with Crippen molar-refractivity contribution in [1.29, 1.82) is 0 Å². The van der Waals surface area contributed by atoms with Crippen LogP contribution < -0.4 is 21.5 Å². The predicted molar refractivity (Wildman–Crippen MR) is 125 cm³/mol. The number of nitrogens with zero attached hydrogens (tertiary/aromatic N) is 5. The summed E-state index contributed by atoms with van der Waals surface area (Å²) < 4.78 is 10.5. The minimum atomic E-state index is -0.541. The van der Waals surface area contributed by atoms with Gasteiger partial charge < -0.3 is 9.84 Å². The summed E-state index contributed by atoms with van der Waals surface area (Å²) in [6.07, 6.45) is 1.24. The van der Waals surface area contributed by atoms with Crippen molar-refractivity contribution in [1.82, 2.24) is 23.1 Å². The van der Waals surface area contributed by atoms with Crippen LogP contribution in [-0.2, 0) is 19.6 Å². The zero-order chi connectivity index (χ0) is 23.9. The van der Waals surface area contributed by atoms with Gasteiger partial charge in [0.15, 0.2) is 11.2 Å². The topological polar surface area (TPSA) is 113 Å². The smallest absolute Gasteiger partial charge is 0.332 e. The second-order valence-corrected chi connectivity index (χ2v) is 8.00. The Balaban J connectivity index is 2.11. The molecule has 0 saturated carbocycles. The van der Waals surface area contributed by atoms with Crippen molar-refractivity contribution in [2.45, 2.75) is 53.2 Å². The van der Waals surface area contributed by atoms with E-state index in [2.05, 4.69) is 4.98 Å². The molecule has 4 rings (SSSR count). The van der Waals surface area contributed by atoms with Crippen LogP contribution in [-0.4, -0.2) is 35.3 Å². The minimum absolute atomic E-state index is 0.0792. The van der Waals surface area contributed by atoms with Crippen LogP contribution in [0.3, 0.4) is 0 Å². The fourth-order valence-corrected chi connectivity index (χ4v) is 4.07. The summed E-state index contributed by atoms with van der Waals surface area (Å²) in [6.45, 7) is 6.06. The molecule has 0 unspecified atom stereocenters. The van der Waals surface area contributed by atoms with Crippen LogP contribution in [0.15, 0.2) is 38.6 Å².